The van der Waals surface area contributed by atoms with Crippen molar-refractivity contribution in [3.63, 3.8) is 0 Å². The summed E-state index contributed by atoms with van der Waals surface area (Å²) in [5, 5.41) is 3.84. The summed E-state index contributed by atoms with van der Waals surface area (Å²) in [6.45, 7) is 7.69. The van der Waals surface area contributed by atoms with Gasteiger partial charge < -0.3 is 0 Å². The van der Waals surface area contributed by atoms with Crippen molar-refractivity contribution in [3.05, 3.63) is 56.0 Å². The van der Waals surface area contributed by atoms with E-state index in [-0.39, 0.29) is 11.6 Å². The molecule has 4 heteroatoms. The third kappa shape index (κ3) is 2.10. The predicted octanol–water partition coefficient (Wildman–Crippen LogP) is 3.36. The van der Waals surface area contributed by atoms with Crippen molar-refractivity contribution in [2.75, 3.05) is 0 Å². The normalized spacial score (nSPS) is 12.7. The lowest BCUT2D eigenvalue weighted by atomic mass is 10.1. The molecule has 2 aromatic rings. The highest BCUT2D eigenvalue weighted by molar-refractivity contribution is 6.31. The lowest BCUT2D eigenvalue weighted by molar-refractivity contribution is 0.544. The summed E-state index contributed by atoms with van der Waals surface area (Å²) in [5.41, 5.74) is 3.76. The van der Waals surface area contributed by atoms with Crippen LogP contribution in [-0.2, 0) is 0 Å². The molecule has 1 N–H and O–H groups in total. The molecule has 1 atom stereocenters. The SMILES string of the molecule is Cc1ccc(C(C)n2[nH]c(C)c(C)c2=O)cc1Cl. The summed E-state index contributed by atoms with van der Waals surface area (Å²) in [4.78, 5) is 12.1. The zero-order valence-electron chi connectivity index (χ0n) is 11.0. The topological polar surface area (TPSA) is 37.8 Å². The smallest absolute Gasteiger partial charge is 0.270 e. The summed E-state index contributed by atoms with van der Waals surface area (Å²) in [7, 11) is 0. The maximum atomic E-state index is 12.1. The molecular weight excluding hydrogens is 248 g/mol. The average Bonchev–Trinajstić information content (AvgIpc) is 2.60. The van der Waals surface area contributed by atoms with E-state index < -0.39 is 0 Å². The monoisotopic (exact) mass is 264 g/mol. The summed E-state index contributed by atoms with van der Waals surface area (Å²) in [6.07, 6.45) is 0. The Labute approximate surface area is 111 Å². The van der Waals surface area contributed by atoms with Crippen molar-refractivity contribution >= 4 is 11.6 Å². The quantitative estimate of drug-likeness (QED) is 0.887. The molecule has 0 aliphatic heterocycles. The van der Waals surface area contributed by atoms with Crippen molar-refractivity contribution in [1.82, 2.24) is 9.78 Å². The number of rotatable bonds is 2. The van der Waals surface area contributed by atoms with E-state index in [1.807, 2.05) is 45.9 Å². The molecule has 1 aromatic heterocycles. The van der Waals surface area contributed by atoms with Crippen LogP contribution < -0.4 is 5.56 Å². The average molecular weight is 265 g/mol. The molecule has 1 heterocycles. The minimum atomic E-state index is -0.0528. The van der Waals surface area contributed by atoms with Gasteiger partial charge in [-0.1, -0.05) is 23.7 Å². The fraction of sp³-hybridized carbons (Fsp3) is 0.357. The lowest BCUT2D eigenvalue weighted by Crippen LogP contribution is -2.22. The number of aromatic amines is 1. The van der Waals surface area contributed by atoms with Crippen LogP contribution in [0.15, 0.2) is 23.0 Å². The number of nitrogens with zero attached hydrogens (tertiary/aromatic N) is 1. The molecule has 96 valence electrons. The highest BCUT2D eigenvalue weighted by atomic mass is 35.5. The van der Waals surface area contributed by atoms with Crippen molar-refractivity contribution in [2.24, 2.45) is 0 Å². The third-order valence-corrected chi connectivity index (χ3v) is 3.86. The van der Waals surface area contributed by atoms with Gasteiger partial charge in [-0.15, -0.1) is 0 Å². The molecule has 0 spiro atoms. The van der Waals surface area contributed by atoms with Gasteiger partial charge in [0, 0.05) is 16.3 Å². The first-order valence-electron chi connectivity index (χ1n) is 5.95. The Balaban J connectivity index is 2.47. The predicted molar refractivity (Wildman–Crippen MR) is 74.5 cm³/mol. The maximum Gasteiger partial charge on any atom is 0.270 e. The number of hydrogen-bond donors (Lipinski definition) is 1. The van der Waals surface area contributed by atoms with Gasteiger partial charge in [-0.3, -0.25) is 9.89 Å². The fourth-order valence-electron chi connectivity index (χ4n) is 1.95. The zero-order chi connectivity index (χ0) is 13.4. The second-order valence-corrected chi connectivity index (χ2v) is 5.13. The minimum Gasteiger partial charge on any atom is -0.299 e. The number of H-pyrrole nitrogens is 1. The summed E-state index contributed by atoms with van der Waals surface area (Å²) < 4.78 is 1.64. The number of aromatic nitrogens is 2. The Bertz CT molecular complexity index is 640. The maximum absolute atomic E-state index is 12.1. The summed E-state index contributed by atoms with van der Waals surface area (Å²) >= 11 is 6.12. The van der Waals surface area contributed by atoms with Crippen LogP contribution in [0.4, 0.5) is 0 Å². The van der Waals surface area contributed by atoms with Crippen molar-refractivity contribution in [3.8, 4) is 0 Å². The molecule has 0 fully saturated rings. The number of nitrogens with one attached hydrogen (secondary N) is 1. The Morgan fingerprint density at radius 3 is 2.44 bits per heavy atom. The fourth-order valence-corrected chi connectivity index (χ4v) is 2.14. The van der Waals surface area contributed by atoms with Crippen LogP contribution in [-0.4, -0.2) is 9.78 Å². The molecule has 0 amide bonds. The Morgan fingerprint density at radius 2 is 1.94 bits per heavy atom. The Hall–Kier alpha value is -1.48. The van der Waals surface area contributed by atoms with E-state index in [1.54, 1.807) is 4.68 Å². The first-order chi connectivity index (χ1) is 8.41. The number of halogens is 1. The highest BCUT2D eigenvalue weighted by Crippen LogP contribution is 2.22. The summed E-state index contributed by atoms with van der Waals surface area (Å²) in [5.74, 6) is 0. The first-order valence-corrected chi connectivity index (χ1v) is 6.33. The molecule has 0 saturated heterocycles. The molecule has 0 aliphatic carbocycles. The van der Waals surface area contributed by atoms with Gasteiger partial charge in [0.1, 0.15) is 0 Å². The minimum absolute atomic E-state index is 0.0247. The molecule has 3 nitrogen and oxygen atoms in total. The van der Waals surface area contributed by atoms with Crippen molar-refractivity contribution < 1.29 is 0 Å². The molecular formula is C14H17ClN2O. The second-order valence-electron chi connectivity index (χ2n) is 4.72. The van der Waals surface area contributed by atoms with E-state index in [4.69, 9.17) is 11.6 Å². The van der Waals surface area contributed by atoms with E-state index in [1.165, 1.54) is 0 Å². The first kappa shape index (κ1) is 13.0. The van der Waals surface area contributed by atoms with E-state index in [0.29, 0.717) is 0 Å². The van der Waals surface area contributed by atoms with Crippen LogP contribution in [0.5, 0.6) is 0 Å². The third-order valence-electron chi connectivity index (χ3n) is 3.46. The highest BCUT2D eigenvalue weighted by Gasteiger charge is 2.14. The second kappa shape index (κ2) is 4.65. The standard InChI is InChI=1S/C14H17ClN2O/c1-8-5-6-12(7-13(8)15)11(4)17-14(18)9(2)10(3)16-17/h5-7,11,16H,1-4H3. The molecule has 1 aromatic carbocycles. The van der Waals surface area contributed by atoms with E-state index in [9.17, 15) is 4.79 Å². The lowest BCUT2D eigenvalue weighted by Gasteiger charge is -2.14. The van der Waals surface area contributed by atoms with Crippen LogP contribution in [0.3, 0.4) is 0 Å². The van der Waals surface area contributed by atoms with Gasteiger partial charge in [-0.25, -0.2) is 4.68 Å². The Morgan fingerprint density at radius 1 is 1.28 bits per heavy atom. The van der Waals surface area contributed by atoms with Gasteiger partial charge in [0.2, 0.25) is 0 Å². The molecule has 0 aliphatic rings. The molecule has 1 unspecified atom stereocenters. The van der Waals surface area contributed by atoms with Crippen LogP contribution in [0.1, 0.15) is 35.3 Å². The Kier molecular flexibility index (Phi) is 3.35. The number of aryl methyl sites for hydroxylation is 2. The van der Waals surface area contributed by atoms with Gasteiger partial charge in [-0.2, -0.15) is 0 Å². The van der Waals surface area contributed by atoms with E-state index in [2.05, 4.69) is 5.10 Å². The number of hydrogen-bond acceptors (Lipinski definition) is 1. The van der Waals surface area contributed by atoms with Gasteiger partial charge in [0.05, 0.1) is 6.04 Å². The van der Waals surface area contributed by atoms with Gasteiger partial charge in [0.15, 0.2) is 0 Å². The molecule has 2 rings (SSSR count). The van der Waals surface area contributed by atoms with Gasteiger partial charge in [-0.05, 0) is 44.9 Å². The summed E-state index contributed by atoms with van der Waals surface area (Å²) in [6, 6.07) is 5.84. The van der Waals surface area contributed by atoms with Crippen LogP contribution in [0, 0.1) is 20.8 Å². The zero-order valence-corrected chi connectivity index (χ0v) is 11.8. The largest absolute Gasteiger partial charge is 0.299 e. The van der Waals surface area contributed by atoms with Crippen LogP contribution in [0.25, 0.3) is 0 Å². The van der Waals surface area contributed by atoms with Crippen molar-refractivity contribution in [1.29, 1.82) is 0 Å². The van der Waals surface area contributed by atoms with Gasteiger partial charge >= 0.3 is 0 Å². The van der Waals surface area contributed by atoms with Gasteiger partial charge in [0.25, 0.3) is 5.56 Å². The van der Waals surface area contributed by atoms with Crippen molar-refractivity contribution in [2.45, 2.75) is 33.7 Å². The number of benzene rings is 1. The molecule has 0 saturated carbocycles. The molecule has 18 heavy (non-hydrogen) atoms. The van der Waals surface area contributed by atoms with E-state index in [0.717, 1.165) is 27.4 Å². The van der Waals surface area contributed by atoms with Crippen LogP contribution in [0.2, 0.25) is 5.02 Å². The van der Waals surface area contributed by atoms with Crippen LogP contribution >= 0.6 is 11.6 Å². The van der Waals surface area contributed by atoms with E-state index >= 15 is 0 Å². The molecule has 0 radical (unpaired) electrons. The molecule has 0 bridgehead atoms.